The maximum absolute atomic E-state index is 13.9. The number of benzene rings is 2. The van der Waals surface area contributed by atoms with Crippen molar-refractivity contribution in [3.05, 3.63) is 58.4 Å². The van der Waals surface area contributed by atoms with Crippen LogP contribution in [0, 0.1) is 12.7 Å². The molecule has 0 unspecified atom stereocenters. The Kier molecular flexibility index (Phi) is 4.40. The molecule has 0 fully saturated rings. The lowest BCUT2D eigenvalue weighted by atomic mass is 10.2. The van der Waals surface area contributed by atoms with Gasteiger partial charge in [-0.3, -0.25) is 0 Å². The van der Waals surface area contributed by atoms with E-state index in [0.717, 1.165) is 11.1 Å². The summed E-state index contributed by atoms with van der Waals surface area (Å²) in [4.78, 5) is 0. The maximum Gasteiger partial charge on any atom is 0.167 e. The van der Waals surface area contributed by atoms with Crippen molar-refractivity contribution in [2.24, 2.45) is 0 Å². The van der Waals surface area contributed by atoms with Gasteiger partial charge < -0.3 is 10.1 Å². The molecule has 0 saturated carbocycles. The molecule has 0 bridgehead atoms. The van der Waals surface area contributed by atoms with Gasteiger partial charge in [0, 0.05) is 17.1 Å². The van der Waals surface area contributed by atoms with Crippen molar-refractivity contribution in [3.8, 4) is 11.5 Å². The summed E-state index contributed by atoms with van der Waals surface area (Å²) >= 11 is 5.89. The molecule has 100 valence electrons. The number of para-hydroxylation sites is 1. The largest absolute Gasteiger partial charge is 0.454 e. The average Bonchev–Trinajstić information content (AvgIpc) is 2.36. The number of hydrogen-bond donors (Lipinski definition) is 1. The molecule has 2 aromatic rings. The molecule has 1 N–H and O–H groups in total. The van der Waals surface area contributed by atoms with Crippen LogP contribution in [-0.4, -0.2) is 7.05 Å². The standard InChI is InChI=1S/C15H15ClFNO/c1-10-8-12(16)6-7-14(10)19-15-11(9-18-2)4-3-5-13(15)17/h3-8,18H,9H2,1-2H3. The van der Waals surface area contributed by atoms with Gasteiger partial charge in [-0.2, -0.15) is 0 Å². The molecule has 0 radical (unpaired) electrons. The molecule has 0 aromatic heterocycles. The van der Waals surface area contributed by atoms with Crippen molar-refractivity contribution < 1.29 is 9.13 Å². The van der Waals surface area contributed by atoms with E-state index >= 15 is 0 Å². The highest BCUT2D eigenvalue weighted by molar-refractivity contribution is 6.30. The van der Waals surface area contributed by atoms with E-state index in [-0.39, 0.29) is 11.6 Å². The summed E-state index contributed by atoms with van der Waals surface area (Å²) in [6.07, 6.45) is 0. The summed E-state index contributed by atoms with van der Waals surface area (Å²) in [5.74, 6) is 0.483. The molecule has 2 rings (SSSR count). The normalized spacial score (nSPS) is 10.5. The third kappa shape index (κ3) is 3.25. The van der Waals surface area contributed by atoms with Gasteiger partial charge >= 0.3 is 0 Å². The van der Waals surface area contributed by atoms with Crippen LogP contribution in [-0.2, 0) is 6.54 Å². The van der Waals surface area contributed by atoms with Crippen molar-refractivity contribution in [2.45, 2.75) is 13.5 Å². The Morgan fingerprint density at radius 2 is 2.05 bits per heavy atom. The van der Waals surface area contributed by atoms with E-state index in [1.165, 1.54) is 6.07 Å². The molecule has 0 aliphatic rings. The minimum absolute atomic E-state index is 0.252. The highest BCUT2D eigenvalue weighted by Gasteiger charge is 2.11. The van der Waals surface area contributed by atoms with Crippen molar-refractivity contribution in [2.75, 3.05) is 7.05 Å². The lowest BCUT2D eigenvalue weighted by molar-refractivity contribution is 0.432. The maximum atomic E-state index is 13.9. The molecule has 2 nitrogen and oxygen atoms in total. The molecule has 0 saturated heterocycles. The second kappa shape index (κ2) is 6.04. The summed E-state index contributed by atoms with van der Waals surface area (Å²) in [5, 5.41) is 3.63. The zero-order valence-corrected chi connectivity index (χ0v) is 11.6. The Bertz CT molecular complexity index is 586. The second-order valence-corrected chi connectivity index (χ2v) is 4.71. The number of rotatable bonds is 4. The van der Waals surface area contributed by atoms with E-state index in [9.17, 15) is 4.39 Å². The number of aryl methyl sites for hydroxylation is 1. The lowest BCUT2D eigenvalue weighted by Crippen LogP contribution is -2.07. The fourth-order valence-corrected chi connectivity index (χ4v) is 2.06. The fourth-order valence-electron chi connectivity index (χ4n) is 1.83. The molecule has 0 amide bonds. The Morgan fingerprint density at radius 1 is 1.26 bits per heavy atom. The van der Waals surface area contributed by atoms with Crippen molar-refractivity contribution in [3.63, 3.8) is 0 Å². The zero-order valence-electron chi connectivity index (χ0n) is 10.8. The summed E-state index contributed by atoms with van der Waals surface area (Å²) in [6, 6.07) is 10.1. The van der Waals surface area contributed by atoms with Gasteiger partial charge in [0.25, 0.3) is 0 Å². The van der Waals surface area contributed by atoms with Crippen LogP contribution in [0.1, 0.15) is 11.1 Å². The van der Waals surface area contributed by atoms with Crippen LogP contribution in [0.3, 0.4) is 0 Å². The number of nitrogens with one attached hydrogen (secondary N) is 1. The van der Waals surface area contributed by atoms with Gasteiger partial charge in [-0.1, -0.05) is 23.7 Å². The van der Waals surface area contributed by atoms with Crippen LogP contribution in [0.25, 0.3) is 0 Å². The van der Waals surface area contributed by atoms with Gasteiger partial charge in [0.1, 0.15) is 5.75 Å². The number of hydrogen-bond acceptors (Lipinski definition) is 2. The van der Waals surface area contributed by atoms with E-state index < -0.39 is 0 Å². The van der Waals surface area contributed by atoms with Gasteiger partial charge in [0.2, 0.25) is 0 Å². The number of ether oxygens (including phenoxy) is 1. The Morgan fingerprint density at radius 3 is 2.74 bits per heavy atom. The molecule has 2 aromatic carbocycles. The zero-order chi connectivity index (χ0) is 13.8. The molecular formula is C15H15ClFNO. The highest BCUT2D eigenvalue weighted by Crippen LogP contribution is 2.31. The minimum Gasteiger partial charge on any atom is -0.454 e. The quantitative estimate of drug-likeness (QED) is 0.901. The van der Waals surface area contributed by atoms with E-state index in [1.54, 1.807) is 24.3 Å². The molecule has 0 aliphatic carbocycles. The minimum atomic E-state index is -0.373. The van der Waals surface area contributed by atoms with Crippen LogP contribution in [0.4, 0.5) is 4.39 Å². The van der Waals surface area contributed by atoms with E-state index in [0.29, 0.717) is 17.3 Å². The van der Waals surface area contributed by atoms with E-state index in [1.807, 2.05) is 20.0 Å². The SMILES string of the molecule is CNCc1cccc(F)c1Oc1ccc(Cl)cc1C. The first-order valence-electron chi connectivity index (χ1n) is 5.98. The first-order valence-corrected chi connectivity index (χ1v) is 6.35. The second-order valence-electron chi connectivity index (χ2n) is 4.27. The monoisotopic (exact) mass is 279 g/mol. The first-order chi connectivity index (χ1) is 9.11. The third-order valence-corrected chi connectivity index (χ3v) is 3.00. The topological polar surface area (TPSA) is 21.3 Å². The summed E-state index contributed by atoms with van der Waals surface area (Å²) in [7, 11) is 1.81. The molecule has 0 aliphatic heterocycles. The van der Waals surface area contributed by atoms with Crippen molar-refractivity contribution in [1.29, 1.82) is 0 Å². The van der Waals surface area contributed by atoms with Crippen molar-refractivity contribution in [1.82, 2.24) is 5.32 Å². The van der Waals surface area contributed by atoms with Gasteiger partial charge in [0.15, 0.2) is 11.6 Å². The molecular weight excluding hydrogens is 265 g/mol. The van der Waals surface area contributed by atoms with Gasteiger partial charge in [0.05, 0.1) is 0 Å². The molecule has 0 atom stereocenters. The van der Waals surface area contributed by atoms with Gasteiger partial charge in [-0.05, 0) is 43.8 Å². The molecule has 0 heterocycles. The smallest absolute Gasteiger partial charge is 0.167 e. The van der Waals surface area contributed by atoms with Crippen LogP contribution < -0.4 is 10.1 Å². The number of halogens is 2. The summed E-state index contributed by atoms with van der Waals surface area (Å²) in [5.41, 5.74) is 1.64. The molecule has 0 spiro atoms. The van der Waals surface area contributed by atoms with Gasteiger partial charge in [-0.25, -0.2) is 4.39 Å². The van der Waals surface area contributed by atoms with Crippen LogP contribution in [0.2, 0.25) is 5.02 Å². The van der Waals surface area contributed by atoms with Crippen molar-refractivity contribution >= 4 is 11.6 Å². The van der Waals surface area contributed by atoms with E-state index in [4.69, 9.17) is 16.3 Å². The summed E-state index contributed by atoms with van der Waals surface area (Å²) < 4.78 is 19.6. The first kappa shape index (κ1) is 13.8. The predicted molar refractivity (Wildman–Crippen MR) is 75.4 cm³/mol. The molecule has 4 heteroatoms. The highest BCUT2D eigenvalue weighted by atomic mass is 35.5. The van der Waals surface area contributed by atoms with Crippen LogP contribution in [0.15, 0.2) is 36.4 Å². The van der Waals surface area contributed by atoms with Gasteiger partial charge in [-0.15, -0.1) is 0 Å². The lowest BCUT2D eigenvalue weighted by Gasteiger charge is -2.13. The van der Waals surface area contributed by atoms with Crippen LogP contribution in [0.5, 0.6) is 11.5 Å². The summed E-state index contributed by atoms with van der Waals surface area (Å²) in [6.45, 7) is 2.42. The molecule has 19 heavy (non-hydrogen) atoms. The van der Waals surface area contributed by atoms with E-state index in [2.05, 4.69) is 5.32 Å². The Hall–Kier alpha value is -1.58. The average molecular weight is 280 g/mol. The fraction of sp³-hybridized carbons (Fsp3) is 0.200. The third-order valence-electron chi connectivity index (χ3n) is 2.76. The Balaban J connectivity index is 2.37. The predicted octanol–water partition coefficient (Wildman–Crippen LogP) is 4.30. The Labute approximate surface area is 117 Å². The van der Waals surface area contributed by atoms with Crippen LogP contribution >= 0.6 is 11.6 Å².